The van der Waals surface area contributed by atoms with Crippen LogP contribution in [0.1, 0.15) is 52.2 Å². The number of ether oxygens (including phenoxy) is 1. The maximum Gasteiger partial charge on any atom is 0.180 e. The van der Waals surface area contributed by atoms with Gasteiger partial charge in [-0.25, -0.2) is 4.39 Å². The molecule has 2 aromatic rings. The minimum Gasteiger partial charge on any atom is -0.366 e. The van der Waals surface area contributed by atoms with Crippen LogP contribution in [0.15, 0.2) is 75.0 Å². The number of thiol groups is 2. The summed E-state index contributed by atoms with van der Waals surface area (Å²) in [5, 5.41) is 24.0. The number of nitrogens with two attached hydrogens (primary N) is 1. The van der Waals surface area contributed by atoms with Gasteiger partial charge in [0.2, 0.25) is 0 Å². The Kier molecular flexibility index (Phi) is 12.0. The fourth-order valence-corrected chi connectivity index (χ4v) is 3.41. The summed E-state index contributed by atoms with van der Waals surface area (Å²) in [6.07, 6.45) is 0.660. The Bertz CT molecular complexity index is 1160. The number of halogens is 1. The molecule has 0 aromatic heterocycles. The van der Waals surface area contributed by atoms with Crippen LogP contribution in [-0.4, -0.2) is 46.7 Å². The second kappa shape index (κ2) is 14.4. The fraction of sp³-hybridized carbons (Fsp3) is 0.407. The number of benzene rings is 2. The zero-order chi connectivity index (χ0) is 28.3. The van der Waals surface area contributed by atoms with Gasteiger partial charge in [0.15, 0.2) is 10.3 Å². The Labute approximate surface area is 236 Å². The molecule has 1 unspecified atom stereocenters. The van der Waals surface area contributed by atoms with Crippen molar-refractivity contribution in [2.45, 2.75) is 52.3 Å². The first-order chi connectivity index (χ1) is 17.8. The molecule has 8 nitrogen and oxygen atoms in total. The molecule has 0 amide bonds. The number of hydrogen-bond acceptors (Lipinski definition) is 6. The SMILES string of the molecule is CN/C(S)=N/N=C(/C(=N/N=C(\S)NC(C)(C)CCOC(C)(N)C(C)C)c1ccccc1)c1ccc(F)cc1. The molecule has 0 aliphatic carbocycles. The summed E-state index contributed by atoms with van der Waals surface area (Å²) in [4.78, 5) is 0. The minimum absolute atomic E-state index is 0.180. The molecule has 2 rings (SSSR count). The van der Waals surface area contributed by atoms with E-state index >= 15 is 0 Å². The molecule has 0 aliphatic rings. The molecule has 1 atom stereocenters. The molecule has 0 heterocycles. The molecule has 0 fully saturated rings. The molecular formula is C27H38FN7OS2. The third kappa shape index (κ3) is 10.2. The Morgan fingerprint density at radius 2 is 1.42 bits per heavy atom. The van der Waals surface area contributed by atoms with E-state index in [2.05, 4.69) is 56.3 Å². The van der Waals surface area contributed by atoms with Crippen molar-refractivity contribution in [3.05, 3.63) is 71.5 Å². The molecule has 4 N–H and O–H groups in total. The van der Waals surface area contributed by atoms with Gasteiger partial charge in [0.1, 0.15) is 23.0 Å². The summed E-state index contributed by atoms with van der Waals surface area (Å²) >= 11 is 8.76. The van der Waals surface area contributed by atoms with E-state index in [-0.39, 0.29) is 11.7 Å². The van der Waals surface area contributed by atoms with Gasteiger partial charge in [-0.15, -0.1) is 45.7 Å². The van der Waals surface area contributed by atoms with Crippen LogP contribution in [0.2, 0.25) is 0 Å². The standard InChI is InChI=1S/C27H38FN7OS2/c1-18(2)27(5,29)36-17-16-26(3,4)31-25(38)35-33-22(19-10-8-7-9-11-19)23(32-34-24(37)30-6)20-12-14-21(28)15-13-20/h7-15,18H,16-17,29H2,1-6H3,(H2,30,34,37)(H2,31,35,38)/b32-23+,33-22+. The summed E-state index contributed by atoms with van der Waals surface area (Å²) in [5.41, 5.74) is 7.25. The van der Waals surface area contributed by atoms with Gasteiger partial charge in [-0.05, 0) is 57.4 Å². The van der Waals surface area contributed by atoms with Crippen molar-refractivity contribution < 1.29 is 9.13 Å². The highest BCUT2D eigenvalue weighted by Crippen LogP contribution is 2.18. The molecule has 2 aromatic carbocycles. The molecule has 11 heteroatoms. The van der Waals surface area contributed by atoms with Crippen LogP contribution in [0.3, 0.4) is 0 Å². The fourth-order valence-electron chi connectivity index (χ4n) is 3.02. The van der Waals surface area contributed by atoms with E-state index in [1.54, 1.807) is 19.2 Å². The molecule has 0 bridgehead atoms. The minimum atomic E-state index is -0.707. The number of nitrogens with one attached hydrogen (secondary N) is 2. The molecule has 0 saturated carbocycles. The van der Waals surface area contributed by atoms with Gasteiger partial charge in [0, 0.05) is 23.7 Å². The number of amidine groups is 2. The summed E-state index contributed by atoms with van der Waals surface area (Å²) in [6.45, 7) is 10.4. The van der Waals surface area contributed by atoms with Crippen LogP contribution in [-0.2, 0) is 4.74 Å². The van der Waals surface area contributed by atoms with Gasteiger partial charge in [-0.1, -0.05) is 44.2 Å². The Balaban J connectivity index is 2.41. The zero-order valence-electron chi connectivity index (χ0n) is 22.7. The molecule has 0 radical (unpaired) electrons. The van der Waals surface area contributed by atoms with Gasteiger partial charge >= 0.3 is 0 Å². The molecule has 0 aliphatic heterocycles. The van der Waals surface area contributed by atoms with Gasteiger partial charge < -0.3 is 21.1 Å². The van der Waals surface area contributed by atoms with E-state index < -0.39 is 11.3 Å². The van der Waals surface area contributed by atoms with Gasteiger partial charge in [0.25, 0.3) is 0 Å². The maximum atomic E-state index is 13.7. The van der Waals surface area contributed by atoms with Crippen LogP contribution in [0.5, 0.6) is 0 Å². The Morgan fingerprint density at radius 1 is 0.895 bits per heavy atom. The van der Waals surface area contributed by atoms with E-state index in [4.69, 9.17) is 10.5 Å². The molecule has 0 saturated heterocycles. The predicted octanol–water partition coefficient (Wildman–Crippen LogP) is 4.83. The maximum absolute atomic E-state index is 13.7. The molecular weight excluding hydrogens is 521 g/mol. The first kappa shape index (κ1) is 31.5. The molecule has 38 heavy (non-hydrogen) atoms. The number of nitrogens with zero attached hydrogens (tertiary/aromatic N) is 4. The summed E-state index contributed by atoms with van der Waals surface area (Å²) in [6, 6.07) is 15.3. The lowest BCUT2D eigenvalue weighted by Gasteiger charge is -2.32. The lowest BCUT2D eigenvalue weighted by Crippen LogP contribution is -2.47. The van der Waals surface area contributed by atoms with Crippen molar-refractivity contribution >= 4 is 47.0 Å². The lowest BCUT2D eigenvalue weighted by molar-refractivity contribution is -0.0649. The lowest BCUT2D eigenvalue weighted by atomic mass is 10.00. The van der Waals surface area contributed by atoms with Crippen molar-refractivity contribution in [1.82, 2.24) is 10.6 Å². The normalized spacial score (nSPS) is 15.4. The molecule has 206 valence electrons. The van der Waals surface area contributed by atoms with Crippen LogP contribution in [0.25, 0.3) is 0 Å². The van der Waals surface area contributed by atoms with Gasteiger partial charge in [-0.3, -0.25) is 0 Å². The average Bonchev–Trinajstić information content (AvgIpc) is 2.86. The number of hydrogen-bond donors (Lipinski definition) is 5. The van der Waals surface area contributed by atoms with Gasteiger partial charge in [-0.2, -0.15) is 0 Å². The first-order valence-electron chi connectivity index (χ1n) is 12.2. The largest absolute Gasteiger partial charge is 0.366 e. The van der Waals surface area contributed by atoms with Crippen LogP contribution in [0.4, 0.5) is 4.39 Å². The average molecular weight is 560 g/mol. The van der Waals surface area contributed by atoms with Crippen molar-refractivity contribution in [3.8, 4) is 0 Å². The van der Waals surface area contributed by atoms with E-state index in [0.29, 0.717) is 40.3 Å². The highest BCUT2D eigenvalue weighted by molar-refractivity contribution is 7.97. The topological polar surface area (TPSA) is 109 Å². The third-order valence-electron chi connectivity index (χ3n) is 5.84. The highest BCUT2D eigenvalue weighted by Gasteiger charge is 2.26. The Morgan fingerprint density at radius 3 is 1.95 bits per heavy atom. The van der Waals surface area contributed by atoms with Crippen molar-refractivity contribution in [3.63, 3.8) is 0 Å². The second-order valence-corrected chi connectivity index (χ2v) is 10.7. The Hall–Kier alpha value is -2.73. The van der Waals surface area contributed by atoms with E-state index in [1.165, 1.54) is 12.1 Å². The summed E-state index contributed by atoms with van der Waals surface area (Å²) in [5.74, 6) is -0.186. The smallest absolute Gasteiger partial charge is 0.180 e. The second-order valence-electron chi connectivity index (χ2n) is 9.81. The van der Waals surface area contributed by atoms with E-state index in [0.717, 1.165) is 5.56 Å². The van der Waals surface area contributed by atoms with Gasteiger partial charge in [0.05, 0.1) is 6.61 Å². The number of rotatable bonds is 11. The summed E-state index contributed by atoms with van der Waals surface area (Å²) < 4.78 is 19.6. The monoisotopic (exact) mass is 559 g/mol. The van der Waals surface area contributed by atoms with Crippen LogP contribution >= 0.6 is 25.3 Å². The third-order valence-corrected chi connectivity index (χ3v) is 6.35. The molecule has 0 spiro atoms. The van der Waals surface area contributed by atoms with Crippen molar-refractivity contribution in [1.29, 1.82) is 0 Å². The van der Waals surface area contributed by atoms with E-state index in [1.807, 2.05) is 65.0 Å². The van der Waals surface area contributed by atoms with E-state index in [9.17, 15) is 4.39 Å². The van der Waals surface area contributed by atoms with Crippen molar-refractivity contribution in [2.24, 2.45) is 32.1 Å². The quantitative estimate of drug-likeness (QED) is 0.0893. The summed E-state index contributed by atoms with van der Waals surface area (Å²) in [7, 11) is 1.68. The van der Waals surface area contributed by atoms with Crippen LogP contribution in [0, 0.1) is 11.7 Å². The van der Waals surface area contributed by atoms with Crippen molar-refractivity contribution in [2.75, 3.05) is 13.7 Å². The van der Waals surface area contributed by atoms with Crippen LogP contribution < -0.4 is 16.4 Å². The highest BCUT2D eigenvalue weighted by atomic mass is 32.1. The predicted molar refractivity (Wildman–Crippen MR) is 163 cm³/mol. The zero-order valence-corrected chi connectivity index (χ0v) is 24.5. The first-order valence-corrected chi connectivity index (χ1v) is 13.1.